The van der Waals surface area contributed by atoms with E-state index in [1.165, 1.54) is 6.07 Å². The van der Waals surface area contributed by atoms with Crippen LogP contribution in [-0.2, 0) is 4.74 Å². The van der Waals surface area contributed by atoms with Crippen LogP contribution in [0.25, 0.3) is 0 Å². The van der Waals surface area contributed by atoms with Crippen LogP contribution in [0.4, 0.5) is 11.4 Å². The Bertz CT molecular complexity index is 594. The van der Waals surface area contributed by atoms with Crippen molar-refractivity contribution in [1.29, 1.82) is 5.26 Å². The van der Waals surface area contributed by atoms with Crippen LogP contribution in [0.3, 0.4) is 0 Å². The van der Waals surface area contributed by atoms with Crippen molar-refractivity contribution in [2.24, 2.45) is 0 Å². The molecule has 112 valence electrons. The molecule has 1 N–H and O–H groups in total. The normalized spacial score (nSPS) is 20.9. The Morgan fingerprint density at radius 1 is 1.62 bits per heavy atom. The summed E-state index contributed by atoms with van der Waals surface area (Å²) in [6, 6.07) is 6.52. The number of ether oxygens (including phenoxy) is 1. The highest BCUT2D eigenvalue weighted by Gasteiger charge is 2.36. The summed E-state index contributed by atoms with van der Waals surface area (Å²) in [5.41, 5.74) is -0.326. The van der Waals surface area contributed by atoms with Crippen molar-refractivity contribution in [3.63, 3.8) is 0 Å². The molecule has 1 unspecified atom stereocenters. The number of nitro benzene ring substituents is 1. The summed E-state index contributed by atoms with van der Waals surface area (Å²) in [5.74, 6) is 0. The van der Waals surface area contributed by atoms with Gasteiger partial charge in [0.15, 0.2) is 0 Å². The summed E-state index contributed by atoms with van der Waals surface area (Å²) in [6.45, 7) is 4.35. The number of rotatable bonds is 3. The molecule has 0 aromatic heterocycles. The van der Waals surface area contributed by atoms with Gasteiger partial charge in [0.25, 0.3) is 0 Å². The van der Waals surface area contributed by atoms with Crippen LogP contribution in [0.5, 0.6) is 0 Å². The molecule has 0 spiro atoms. The van der Waals surface area contributed by atoms with Crippen LogP contribution in [0.2, 0.25) is 0 Å². The average Bonchev–Trinajstić information content (AvgIpc) is 2.44. The third-order valence-corrected chi connectivity index (χ3v) is 3.34. The molecule has 0 aliphatic carbocycles. The Hall–Kier alpha value is -2.17. The first kappa shape index (κ1) is 15.2. The van der Waals surface area contributed by atoms with Gasteiger partial charge in [-0.05, 0) is 26.0 Å². The van der Waals surface area contributed by atoms with Gasteiger partial charge in [-0.1, -0.05) is 6.07 Å². The van der Waals surface area contributed by atoms with Gasteiger partial charge in [0.2, 0.25) is 0 Å². The summed E-state index contributed by atoms with van der Waals surface area (Å²) in [6.07, 6.45) is -0.418. The molecule has 0 radical (unpaired) electrons. The second-order valence-electron chi connectivity index (χ2n) is 5.60. The number of para-hydroxylation sites is 1. The van der Waals surface area contributed by atoms with Crippen LogP contribution in [0.15, 0.2) is 18.2 Å². The number of benzene rings is 1. The first-order chi connectivity index (χ1) is 9.88. The maximum atomic E-state index is 11.3. The van der Waals surface area contributed by atoms with Crippen molar-refractivity contribution in [1.82, 2.24) is 0 Å². The maximum Gasteiger partial charge on any atom is 0.310 e. The van der Waals surface area contributed by atoms with Crippen molar-refractivity contribution in [3.05, 3.63) is 33.9 Å². The maximum absolute atomic E-state index is 11.3. The lowest BCUT2D eigenvalue weighted by Gasteiger charge is -2.43. The van der Waals surface area contributed by atoms with Crippen LogP contribution in [-0.4, -0.2) is 41.4 Å². The zero-order valence-corrected chi connectivity index (χ0v) is 11.9. The van der Waals surface area contributed by atoms with E-state index < -0.39 is 16.6 Å². The molecule has 1 aromatic rings. The van der Waals surface area contributed by atoms with Gasteiger partial charge in [0.1, 0.15) is 17.3 Å². The van der Waals surface area contributed by atoms with Gasteiger partial charge in [0, 0.05) is 13.1 Å². The molecule has 7 nitrogen and oxygen atoms in total. The SMILES string of the molecule is CC1(C)CN(c2cccc(C#N)c2[N+](=O)[O-])CC(CO)O1. The molecule has 2 rings (SSSR count). The fourth-order valence-electron chi connectivity index (χ4n) is 2.64. The highest BCUT2D eigenvalue weighted by molar-refractivity contribution is 5.70. The fourth-order valence-corrected chi connectivity index (χ4v) is 2.64. The van der Waals surface area contributed by atoms with Crippen molar-refractivity contribution in [2.75, 3.05) is 24.6 Å². The van der Waals surface area contributed by atoms with Gasteiger partial charge in [-0.25, -0.2) is 0 Å². The number of hydrogen-bond acceptors (Lipinski definition) is 6. The van der Waals surface area contributed by atoms with E-state index in [-0.39, 0.29) is 17.9 Å². The smallest absolute Gasteiger partial charge is 0.310 e. The number of nitro groups is 1. The molecule has 1 atom stereocenters. The summed E-state index contributed by atoms with van der Waals surface area (Å²) in [4.78, 5) is 12.6. The molecule has 1 aliphatic rings. The molecule has 7 heteroatoms. The number of aliphatic hydroxyl groups excluding tert-OH is 1. The predicted molar refractivity (Wildman–Crippen MR) is 76.1 cm³/mol. The molecule has 0 bridgehead atoms. The number of aliphatic hydroxyl groups is 1. The van der Waals surface area contributed by atoms with E-state index in [0.29, 0.717) is 18.8 Å². The number of anilines is 1. The second-order valence-corrected chi connectivity index (χ2v) is 5.60. The third-order valence-electron chi connectivity index (χ3n) is 3.34. The number of hydrogen-bond donors (Lipinski definition) is 1. The Labute approximate surface area is 122 Å². The first-order valence-electron chi connectivity index (χ1n) is 6.59. The van der Waals surface area contributed by atoms with Crippen LogP contribution in [0, 0.1) is 21.4 Å². The van der Waals surface area contributed by atoms with Crippen molar-refractivity contribution in [3.8, 4) is 6.07 Å². The van der Waals surface area contributed by atoms with Gasteiger partial charge in [0.05, 0.1) is 23.2 Å². The van der Waals surface area contributed by atoms with E-state index in [0.717, 1.165) is 0 Å². The van der Waals surface area contributed by atoms with E-state index in [2.05, 4.69) is 0 Å². The zero-order valence-electron chi connectivity index (χ0n) is 11.9. The average molecular weight is 291 g/mol. The molecule has 1 fully saturated rings. The van der Waals surface area contributed by atoms with E-state index >= 15 is 0 Å². The van der Waals surface area contributed by atoms with E-state index in [1.807, 2.05) is 19.9 Å². The quantitative estimate of drug-likeness (QED) is 0.668. The lowest BCUT2D eigenvalue weighted by Crippen LogP contribution is -2.54. The van der Waals surface area contributed by atoms with Crippen molar-refractivity contribution in [2.45, 2.75) is 25.6 Å². The molecule has 1 heterocycles. The van der Waals surface area contributed by atoms with Gasteiger partial charge in [-0.3, -0.25) is 10.1 Å². The van der Waals surface area contributed by atoms with Crippen molar-refractivity contribution < 1.29 is 14.8 Å². The second kappa shape index (κ2) is 5.68. The summed E-state index contributed by atoms with van der Waals surface area (Å²) >= 11 is 0. The lowest BCUT2D eigenvalue weighted by atomic mass is 10.0. The molecular weight excluding hydrogens is 274 g/mol. The Balaban J connectivity index is 2.46. The zero-order chi connectivity index (χ0) is 15.6. The molecule has 0 saturated carbocycles. The van der Waals surface area contributed by atoms with Gasteiger partial charge < -0.3 is 14.7 Å². The molecule has 1 aliphatic heterocycles. The largest absolute Gasteiger partial charge is 0.394 e. The van der Waals surface area contributed by atoms with Crippen molar-refractivity contribution >= 4 is 11.4 Å². The van der Waals surface area contributed by atoms with E-state index in [9.17, 15) is 15.2 Å². The monoisotopic (exact) mass is 291 g/mol. The predicted octanol–water partition coefficient (Wildman–Crippen LogP) is 1.44. The van der Waals surface area contributed by atoms with Gasteiger partial charge >= 0.3 is 5.69 Å². The van der Waals surface area contributed by atoms with E-state index in [4.69, 9.17) is 10.00 Å². The minimum atomic E-state index is -0.540. The molecule has 1 saturated heterocycles. The number of morpholine rings is 1. The first-order valence-corrected chi connectivity index (χ1v) is 6.59. The Morgan fingerprint density at radius 3 is 2.90 bits per heavy atom. The highest BCUT2D eigenvalue weighted by Crippen LogP contribution is 2.34. The van der Waals surface area contributed by atoms with Crippen LogP contribution in [0.1, 0.15) is 19.4 Å². The van der Waals surface area contributed by atoms with Crippen LogP contribution < -0.4 is 4.90 Å². The van der Waals surface area contributed by atoms with Gasteiger partial charge in [-0.2, -0.15) is 5.26 Å². The summed E-state index contributed by atoms with van der Waals surface area (Å²) in [7, 11) is 0. The summed E-state index contributed by atoms with van der Waals surface area (Å²) < 4.78 is 5.71. The molecular formula is C14H17N3O4. The number of nitrogens with zero attached hydrogens (tertiary/aromatic N) is 3. The molecule has 21 heavy (non-hydrogen) atoms. The minimum absolute atomic E-state index is 0.0300. The summed E-state index contributed by atoms with van der Waals surface area (Å²) in [5, 5.41) is 29.7. The molecule has 1 aromatic carbocycles. The number of nitriles is 1. The topological polar surface area (TPSA) is 99.6 Å². The van der Waals surface area contributed by atoms with Crippen LogP contribution >= 0.6 is 0 Å². The minimum Gasteiger partial charge on any atom is -0.394 e. The standard InChI is InChI=1S/C14H17N3O4/c1-14(2)9-16(7-11(8-18)21-14)12-5-3-4-10(6-15)13(12)17(19)20/h3-5,11,18H,7-9H2,1-2H3. The molecule has 0 amide bonds. The van der Waals surface area contributed by atoms with Gasteiger partial charge in [-0.15, -0.1) is 0 Å². The van der Waals surface area contributed by atoms with E-state index in [1.54, 1.807) is 17.0 Å². The third kappa shape index (κ3) is 3.12. The Kier molecular flexibility index (Phi) is 4.11. The highest BCUT2D eigenvalue weighted by atomic mass is 16.6. The fraction of sp³-hybridized carbons (Fsp3) is 0.500. The lowest BCUT2D eigenvalue weighted by molar-refractivity contribution is -0.384. The Morgan fingerprint density at radius 2 is 2.33 bits per heavy atom.